The van der Waals surface area contributed by atoms with E-state index in [1.54, 1.807) is 62.4 Å². The van der Waals surface area contributed by atoms with Crippen LogP contribution in [0.3, 0.4) is 0 Å². The third-order valence-corrected chi connectivity index (χ3v) is 11.2. The van der Waals surface area contributed by atoms with Crippen LogP contribution in [-0.4, -0.2) is 135 Å². The van der Waals surface area contributed by atoms with Gasteiger partial charge in [0.1, 0.15) is 29.6 Å². The fourth-order valence-corrected chi connectivity index (χ4v) is 6.92. The van der Waals surface area contributed by atoms with Crippen LogP contribution in [0.2, 0.25) is 0 Å². The number of aliphatic hydroxyl groups excluding tert-OH is 3. The van der Waals surface area contributed by atoms with Gasteiger partial charge in [0.05, 0.1) is 26.2 Å². The van der Waals surface area contributed by atoms with Crippen LogP contribution >= 0.6 is 0 Å². The molecule has 0 radical (unpaired) electrons. The molecule has 0 unspecified atom stereocenters. The molecule has 432 valence electrons. The van der Waals surface area contributed by atoms with Crippen LogP contribution in [0, 0.1) is 29.6 Å². The number of amides is 2. The van der Waals surface area contributed by atoms with Gasteiger partial charge in [-0.25, -0.2) is 4.79 Å². The number of nitrogens with one attached hydrogen (secondary N) is 2. The summed E-state index contributed by atoms with van der Waals surface area (Å²) in [5.41, 5.74) is 12.4. The minimum Gasteiger partial charge on any atom is -0.508 e. The number of carbonyl (C=O) groups is 7. The Balaban J connectivity index is -0.000000493. The van der Waals surface area contributed by atoms with Gasteiger partial charge in [-0.2, -0.15) is 0 Å². The molecule has 2 aromatic rings. The van der Waals surface area contributed by atoms with Crippen LogP contribution in [0.25, 0.3) is 0 Å². The van der Waals surface area contributed by atoms with Crippen molar-refractivity contribution >= 4 is 41.5 Å². The average Bonchev–Trinajstić information content (AvgIpc) is 3.34. The Morgan fingerprint density at radius 2 is 0.880 bits per heavy atom. The first kappa shape index (κ1) is 75.8. The molecule has 2 aromatic carbocycles. The second-order valence-corrected chi connectivity index (χ2v) is 18.9. The number of ether oxygens (including phenoxy) is 2. The van der Waals surface area contributed by atoms with Crippen molar-refractivity contribution in [3.05, 3.63) is 59.7 Å². The van der Waals surface area contributed by atoms with Gasteiger partial charge in [-0.05, 0) is 124 Å². The Morgan fingerprint density at radius 3 is 1.23 bits per heavy atom. The van der Waals surface area contributed by atoms with Crippen molar-refractivity contribution in [2.45, 2.75) is 170 Å². The highest BCUT2D eigenvalue weighted by atomic mass is 16.5. The molecular formula is C55H96N4O16. The standard InChI is InChI=1S/C24H37NO6.C16H23NO4.C7H15NO3.C6H13NO3.2CH4/c1-16(2)13-21(22(28)15-19(24(30)31-4)7-5-6-12-26)25-23(29)17(3)14-18-8-10-20(27)11-9-18;1-10(2)8-14(16(20)21)17-15(19)11(3)9-12-4-6-13(18)7-5-12;1-11-7(10)6(8)4-2-3-5-9;7-5(6(9)10)3-1-2-4-8;;/h8-11,16-17,19,21,26-27H,5-7,12-15H2,1-4H3,(H,25,29);4-7,10-11,14,18H,8-9H2,1-3H3,(H,17,19)(H,20,21);6,9H,2-5,8H2,1H3;5,8H,1-4,7H2,(H,9,10);2*1H4/t17-,19+,21-;11-,14-;6-;5-;;/m0000../s1. The molecule has 7 atom stereocenters. The fourth-order valence-electron chi connectivity index (χ4n) is 6.92. The predicted octanol–water partition coefficient (Wildman–Crippen LogP) is 5.68. The van der Waals surface area contributed by atoms with Crippen molar-refractivity contribution in [1.29, 1.82) is 0 Å². The molecule has 0 aliphatic rings. The van der Waals surface area contributed by atoms with E-state index in [0.717, 1.165) is 17.5 Å². The van der Waals surface area contributed by atoms with E-state index in [1.165, 1.54) is 14.2 Å². The number of esters is 2. The Morgan fingerprint density at radius 1 is 0.520 bits per heavy atom. The van der Waals surface area contributed by atoms with Crippen molar-refractivity contribution in [2.24, 2.45) is 41.1 Å². The molecule has 20 nitrogen and oxygen atoms in total. The topological polar surface area (TPSA) is 356 Å². The number of carboxylic acid groups (broad SMARTS) is 2. The number of carboxylic acids is 2. The number of hydrogen-bond acceptors (Lipinski definition) is 16. The van der Waals surface area contributed by atoms with Gasteiger partial charge in [0.25, 0.3) is 0 Å². The molecule has 20 heteroatoms. The molecule has 2 rings (SSSR count). The predicted molar refractivity (Wildman–Crippen MR) is 289 cm³/mol. The Labute approximate surface area is 446 Å². The third-order valence-electron chi connectivity index (χ3n) is 11.2. The minimum atomic E-state index is -1.01. The van der Waals surface area contributed by atoms with Crippen molar-refractivity contribution in [2.75, 3.05) is 34.0 Å². The average molecular weight is 1070 g/mol. The lowest BCUT2D eigenvalue weighted by Gasteiger charge is -2.23. The molecule has 2 amide bonds. The molecule has 0 bridgehead atoms. The summed E-state index contributed by atoms with van der Waals surface area (Å²) in [6.45, 7) is 11.6. The molecule has 0 saturated carbocycles. The molecule has 13 N–H and O–H groups in total. The van der Waals surface area contributed by atoms with E-state index in [9.17, 15) is 43.8 Å². The first-order valence-corrected chi connectivity index (χ1v) is 25.0. The normalized spacial score (nSPS) is 13.2. The second-order valence-electron chi connectivity index (χ2n) is 18.9. The molecule has 0 aliphatic carbocycles. The number of aliphatic carboxylic acids is 2. The first-order chi connectivity index (χ1) is 34.4. The van der Waals surface area contributed by atoms with Gasteiger partial charge in [-0.1, -0.05) is 87.1 Å². The summed E-state index contributed by atoms with van der Waals surface area (Å²) in [6.07, 6.45) is 7.28. The highest BCUT2D eigenvalue weighted by Crippen LogP contribution is 2.20. The quantitative estimate of drug-likeness (QED) is 0.0319. The zero-order chi connectivity index (χ0) is 56.1. The lowest BCUT2D eigenvalue weighted by molar-refractivity contribution is -0.148. The lowest BCUT2D eigenvalue weighted by atomic mass is 9.90. The van der Waals surface area contributed by atoms with E-state index in [4.69, 9.17) is 41.7 Å². The van der Waals surface area contributed by atoms with E-state index in [-0.39, 0.29) is 99.8 Å². The molecule has 0 saturated heterocycles. The van der Waals surface area contributed by atoms with Gasteiger partial charge < -0.3 is 67.3 Å². The minimum absolute atomic E-state index is 0. The summed E-state index contributed by atoms with van der Waals surface area (Å²) in [5, 5.41) is 67.2. The number of methoxy groups -OCH3 is 2. The first-order valence-electron chi connectivity index (χ1n) is 25.0. The van der Waals surface area contributed by atoms with E-state index in [1.807, 2.05) is 27.7 Å². The number of hydrogen-bond donors (Lipinski definition) is 11. The van der Waals surface area contributed by atoms with Gasteiger partial charge in [-0.15, -0.1) is 0 Å². The Kier molecular flexibility index (Phi) is 45.1. The molecule has 0 spiro atoms. The monoisotopic (exact) mass is 1070 g/mol. The summed E-state index contributed by atoms with van der Waals surface area (Å²) < 4.78 is 9.26. The van der Waals surface area contributed by atoms with Crippen LogP contribution in [0.5, 0.6) is 11.5 Å². The summed E-state index contributed by atoms with van der Waals surface area (Å²) in [5.74, 6) is -4.01. The van der Waals surface area contributed by atoms with Crippen LogP contribution < -0.4 is 22.1 Å². The SMILES string of the molecule is C.C.CC(C)C[C@H](NC(=O)[C@@H](C)Cc1ccc(O)cc1)C(=O)O.COC(=O)[C@@H](N)CCCCO.COC(=O)[C@H](CCCCO)CC(=O)[C@H](CC(C)C)NC(=O)[C@@H](C)Cc1ccc(O)cc1.N[C@@H](CCCCO)C(=O)O. The molecule has 0 fully saturated rings. The summed E-state index contributed by atoms with van der Waals surface area (Å²) in [7, 11) is 2.61. The number of nitrogens with two attached hydrogens (primary N) is 2. The number of aliphatic hydroxyl groups is 3. The highest BCUT2D eigenvalue weighted by Gasteiger charge is 2.30. The summed E-state index contributed by atoms with van der Waals surface area (Å²) in [6, 6.07) is 10.5. The molecule has 0 aliphatic heterocycles. The fraction of sp³-hybridized carbons (Fsp3) is 0.655. The smallest absolute Gasteiger partial charge is 0.326 e. The number of ketones is 1. The maximum atomic E-state index is 13.0. The second kappa shape index (κ2) is 44.6. The van der Waals surface area contributed by atoms with Gasteiger partial charge in [-0.3, -0.25) is 28.8 Å². The maximum Gasteiger partial charge on any atom is 0.326 e. The zero-order valence-corrected chi connectivity index (χ0v) is 44.3. The lowest BCUT2D eigenvalue weighted by Crippen LogP contribution is -2.45. The number of aromatic hydroxyl groups is 2. The molecule has 0 aromatic heterocycles. The van der Waals surface area contributed by atoms with Crippen LogP contribution in [-0.2, 0) is 55.9 Å². The van der Waals surface area contributed by atoms with Gasteiger partial charge >= 0.3 is 23.9 Å². The largest absolute Gasteiger partial charge is 0.508 e. The summed E-state index contributed by atoms with van der Waals surface area (Å²) in [4.78, 5) is 81.9. The van der Waals surface area contributed by atoms with Crippen LogP contribution in [0.1, 0.15) is 145 Å². The Hall–Kier alpha value is -5.67. The number of benzene rings is 2. The number of phenolic OH excluding ortho intramolecular Hbond substituents is 2. The number of carbonyl (C=O) groups excluding carboxylic acids is 5. The van der Waals surface area contributed by atoms with Gasteiger partial charge in [0, 0.05) is 38.1 Å². The van der Waals surface area contributed by atoms with Crippen LogP contribution in [0.4, 0.5) is 0 Å². The molecular weight excluding hydrogens is 973 g/mol. The zero-order valence-electron chi connectivity index (χ0n) is 44.3. The van der Waals surface area contributed by atoms with Gasteiger partial charge in [0.15, 0.2) is 5.78 Å². The maximum absolute atomic E-state index is 13.0. The van der Waals surface area contributed by atoms with Crippen molar-refractivity contribution in [3.8, 4) is 11.5 Å². The van der Waals surface area contributed by atoms with Gasteiger partial charge in [0.2, 0.25) is 11.8 Å². The van der Waals surface area contributed by atoms with E-state index >= 15 is 0 Å². The molecule has 75 heavy (non-hydrogen) atoms. The Bertz CT molecular complexity index is 1860. The highest BCUT2D eigenvalue weighted by molar-refractivity contribution is 5.92. The number of phenols is 2. The van der Waals surface area contributed by atoms with E-state index in [0.29, 0.717) is 77.0 Å². The summed E-state index contributed by atoms with van der Waals surface area (Å²) >= 11 is 0. The van der Waals surface area contributed by atoms with Crippen molar-refractivity contribution < 1.29 is 78.8 Å². The number of rotatable bonds is 31. The molecule has 0 heterocycles. The van der Waals surface area contributed by atoms with E-state index in [2.05, 4.69) is 15.4 Å². The number of Topliss-reactive ketones (excluding diaryl/α,β-unsaturated/α-hetero) is 1. The van der Waals surface area contributed by atoms with Crippen molar-refractivity contribution in [3.63, 3.8) is 0 Å². The van der Waals surface area contributed by atoms with E-state index < -0.39 is 48.0 Å². The van der Waals surface area contributed by atoms with Crippen LogP contribution in [0.15, 0.2) is 48.5 Å². The third kappa shape index (κ3) is 37.7. The number of unbranched alkanes of at least 4 members (excludes halogenated alkanes) is 3. The van der Waals surface area contributed by atoms with Crippen molar-refractivity contribution in [1.82, 2.24) is 10.6 Å².